The van der Waals surface area contributed by atoms with Crippen LogP contribution < -0.4 is 0 Å². The number of non-ortho nitro benzene ring substituents is 1. The highest BCUT2D eigenvalue weighted by atomic mass is 35.5. The molecule has 1 aliphatic heterocycles. The van der Waals surface area contributed by atoms with Gasteiger partial charge in [0.15, 0.2) is 0 Å². The minimum atomic E-state index is -0.397. The topological polar surface area (TPSA) is 46.4 Å². The molecule has 0 saturated carbocycles. The molecule has 5 heteroatoms. The van der Waals surface area contributed by atoms with E-state index in [-0.39, 0.29) is 5.69 Å². The van der Waals surface area contributed by atoms with Crippen LogP contribution in [0.15, 0.2) is 47.7 Å². The lowest BCUT2D eigenvalue weighted by atomic mass is 10.0. The fourth-order valence-electron chi connectivity index (χ4n) is 1.87. The predicted molar refractivity (Wildman–Crippen MR) is 71.2 cm³/mol. The number of nitrogens with zero attached hydrogens (tertiary/aromatic N) is 2. The van der Waals surface area contributed by atoms with Crippen LogP contribution in [-0.2, 0) is 6.42 Å². The van der Waals surface area contributed by atoms with Gasteiger partial charge in [0.2, 0.25) is 0 Å². The Bertz CT molecular complexity index is 520. The highest BCUT2D eigenvalue weighted by Crippen LogP contribution is 2.23. The van der Waals surface area contributed by atoms with E-state index in [0.29, 0.717) is 13.0 Å². The van der Waals surface area contributed by atoms with E-state index in [0.717, 1.165) is 16.8 Å². The minimum Gasteiger partial charge on any atom is -0.285 e. The normalized spacial score (nSPS) is 15.1. The Morgan fingerprint density at radius 2 is 2.06 bits per heavy atom. The summed E-state index contributed by atoms with van der Waals surface area (Å²) in [5.74, 6) is 0. The number of nitro benzene ring substituents is 1. The summed E-state index contributed by atoms with van der Waals surface area (Å²) in [4.78, 5) is 10.2. The second kappa shape index (κ2) is 5.23. The van der Waals surface area contributed by atoms with Crippen LogP contribution in [0, 0.1) is 10.1 Å². The molecule has 0 aliphatic carbocycles. The van der Waals surface area contributed by atoms with Crippen molar-refractivity contribution in [2.75, 3.05) is 6.54 Å². The highest BCUT2D eigenvalue weighted by Gasteiger charge is 2.13. The number of allylic oxidation sites excluding steroid dienone is 3. The zero-order valence-electron chi connectivity index (χ0n) is 9.97. The molecule has 1 aromatic carbocycles. The molecule has 0 unspecified atom stereocenters. The van der Waals surface area contributed by atoms with Gasteiger partial charge >= 0.3 is 0 Å². The molecule has 0 N–H and O–H groups in total. The quantitative estimate of drug-likeness (QED) is 0.477. The largest absolute Gasteiger partial charge is 0.285 e. The van der Waals surface area contributed by atoms with Gasteiger partial charge in [0.25, 0.3) is 5.69 Å². The fourth-order valence-corrected chi connectivity index (χ4v) is 2.15. The summed E-state index contributed by atoms with van der Waals surface area (Å²) in [5.41, 5.74) is 3.27. The van der Waals surface area contributed by atoms with Gasteiger partial charge in [-0.15, -0.1) is 0 Å². The summed E-state index contributed by atoms with van der Waals surface area (Å²) in [6, 6.07) is 6.56. The lowest BCUT2D eigenvalue weighted by Crippen LogP contribution is -2.18. The van der Waals surface area contributed by atoms with Crippen molar-refractivity contribution in [3.63, 3.8) is 0 Å². The first kappa shape index (κ1) is 12.6. The molecule has 0 aromatic heterocycles. The Morgan fingerprint density at radius 3 is 2.61 bits per heavy atom. The fraction of sp³-hybridized carbons (Fsp3) is 0.231. The number of hydrogen-bond acceptors (Lipinski definition) is 3. The highest BCUT2D eigenvalue weighted by molar-refractivity contribution is 6.14. The zero-order valence-corrected chi connectivity index (χ0v) is 10.7. The Hall–Kier alpha value is -1.81. The molecule has 0 radical (unpaired) electrons. The van der Waals surface area contributed by atoms with Crippen molar-refractivity contribution in [3.8, 4) is 0 Å². The summed E-state index contributed by atoms with van der Waals surface area (Å²) in [5, 5.41) is 10.6. The maximum atomic E-state index is 10.6. The zero-order chi connectivity index (χ0) is 13.1. The van der Waals surface area contributed by atoms with Crippen LogP contribution >= 0.6 is 11.8 Å². The molecule has 4 nitrogen and oxygen atoms in total. The molecular formula is C13H13ClN2O2. The van der Waals surface area contributed by atoms with E-state index in [2.05, 4.69) is 0 Å². The molecule has 94 valence electrons. The molecule has 2 rings (SSSR count). The number of nitro groups is 1. The standard InChI is InChI=1S/C13H13ClN2O2/c1-10-3-2-8-15(14)13(10)9-11-4-6-12(7-5-11)16(17)18/h2-7H,8-9H2,1H3. The number of halogens is 1. The van der Waals surface area contributed by atoms with Crippen molar-refractivity contribution in [1.82, 2.24) is 4.42 Å². The van der Waals surface area contributed by atoms with E-state index in [1.807, 2.05) is 19.1 Å². The predicted octanol–water partition coefficient (Wildman–Crippen LogP) is 3.44. The molecule has 0 atom stereocenters. The number of benzene rings is 1. The SMILES string of the molecule is CC1=C(Cc2ccc([N+](=O)[O-])cc2)N(Cl)CC=C1. The van der Waals surface area contributed by atoms with Crippen LogP contribution in [-0.4, -0.2) is 15.9 Å². The maximum Gasteiger partial charge on any atom is 0.269 e. The molecule has 0 bridgehead atoms. The van der Waals surface area contributed by atoms with Crippen LogP contribution in [0.1, 0.15) is 12.5 Å². The van der Waals surface area contributed by atoms with Crippen molar-refractivity contribution in [1.29, 1.82) is 0 Å². The van der Waals surface area contributed by atoms with Gasteiger partial charge in [0.05, 0.1) is 11.5 Å². The molecule has 0 fully saturated rings. The first-order valence-corrected chi connectivity index (χ1v) is 5.94. The van der Waals surface area contributed by atoms with Gasteiger partial charge in [-0.05, 0) is 18.1 Å². The van der Waals surface area contributed by atoms with Crippen molar-refractivity contribution >= 4 is 17.5 Å². The molecule has 1 aliphatic rings. The van der Waals surface area contributed by atoms with Gasteiger partial charge in [-0.2, -0.15) is 0 Å². The number of hydrogen-bond donors (Lipinski definition) is 0. The average molecular weight is 265 g/mol. The summed E-state index contributed by atoms with van der Waals surface area (Å²) >= 11 is 6.13. The third-order valence-corrected chi connectivity index (χ3v) is 3.24. The Morgan fingerprint density at radius 1 is 1.39 bits per heavy atom. The second-order valence-electron chi connectivity index (χ2n) is 4.18. The van der Waals surface area contributed by atoms with E-state index in [1.165, 1.54) is 12.1 Å². The van der Waals surface area contributed by atoms with E-state index in [1.54, 1.807) is 16.6 Å². The molecule has 1 aromatic rings. The summed E-state index contributed by atoms with van der Waals surface area (Å²) in [6.07, 6.45) is 4.72. The van der Waals surface area contributed by atoms with Gasteiger partial charge in [0, 0.05) is 36.0 Å². The summed E-state index contributed by atoms with van der Waals surface area (Å²) < 4.78 is 1.68. The third-order valence-electron chi connectivity index (χ3n) is 2.90. The molecule has 0 amide bonds. The van der Waals surface area contributed by atoms with Crippen LogP contribution in [0.25, 0.3) is 0 Å². The van der Waals surface area contributed by atoms with Gasteiger partial charge in [-0.3, -0.25) is 14.5 Å². The maximum absolute atomic E-state index is 10.6. The monoisotopic (exact) mass is 264 g/mol. The van der Waals surface area contributed by atoms with E-state index >= 15 is 0 Å². The van der Waals surface area contributed by atoms with Crippen molar-refractivity contribution in [2.45, 2.75) is 13.3 Å². The first-order chi connectivity index (χ1) is 8.58. The first-order valence-electron chi connectivity index (χ1n) is 5.61. The smallest absolute Gasteiger partial charge is 0.269 e. The van der Waals surface area contributed by atoms with Gasteiger partial charge < -0.3 is 0 Å². The molecular weight excluding hydrogens is 252 g/mol. The molecule has 0 spiro atoms. The Labute approximate surface area is 110 Å². The van der Waals surface area contributed by atoms with Gasteiger partial charge in [0.1, 0.15) is 0 Å². The van der Waals surface area contributed by atoms with Gasteiger partial charge in [-0.25, -0.2) is 0 Å². The van der Waals surface area contributed by atoms with Gasteiger partial charge in [-0.1, -0.05) is 24.3 Å². The Kier molecular flexibility index (Phi) is 3.67. The van der Waals surface area contributed by atoms with Crippen LogP contribution in [0.5, 0.6) is 0 Å². The Balaban J connectivity index is 2.19. The van der Waals surface area contributed by atoms with E-state index < -0.39 is 4.92 Å². The molecule has 1 heterocycles. The van der Waals surface area contributed by atoms with E-state index in [4.69, 9.17) is 11.8 Å². The second-order valence-corrected chi connectivity index (χ2v) is 4.59. The summed E-state index contributed by atoms with van der Waals surface area (Å²) in [6.45, 7) is 2.69. The van der Waals surface area contributed by atoms with Crippen LogP contribution in [0.4, 0.5) is 5.69 Å². The molecule has 18 heavy (non-hydrogen) atoms. The molecule has 0 saturated heterocycles. The van der Waals surface area contributed by atoms with Crippen molar-refractivity contribution in [3.05, 3.63) is 63.4 Å². The van der Waals surface area contributed by atoms with Crippen molar-refractivity contribution < 1.29 is 4.92 Å². The number of rotatable bonds is 3. The minimum absolute atomic E-state index is 0.107. The third kappa shape index (κ3) is 2.71. The lowest BCUT2D eigenvalue weighted by Gasteiger charge is -2.23. The summed E-state index contributed by atoms with van der Waals surface area (Å²) in [7, 11) is 0. The average Bonchev–Trinajstić information content (AvgIpc) is 2.34. The van der Waals surface area contributed by atoms with E-state index in [9.17, 15) is 10.1 Å². The van der Waals surface area contributed by atoms with Crippen LogP contribution in [0.3, 0.4) is 0 Å². The van der Waals surface area contributed by atoms with Crippen molar-refractivity contribution in [2.24, 2.45) is 0 Å². The van der Waals surface area contributed by atoms with Crippen LogP contribution in [0.2, 0.25) is 0 Å². The lowest BCUT2D eigenvalue weighted by molar-refractivity contribution is -0.384.